The number of nitrogens with zero attached hydrogens (tertiary/aromatic N) is 1. The third-order valence-corrected chi connectivity index (χ3v) is 2.76. The average Bonchev–Trinajstić information content (AvgIpc) is 2.37. The third kappa shape index (κ3) is 3.00. The first-order chi connectivity index (χ1) is 8.66. The summed E-state index contributed by atoms with van der Waals surface area (Å²) >= 11 is 0. The Kier molecular flexibility index (Phi) is 3.82. The van der Waals surface area contributed by atoms with E-state index in [9.17, 15) is 4.39 Å². The first kappa shape index (κ1) is 12.4. The van der Waals surface area contributed by atoms with Gasteiger partial charge >= 0.3 is 0 Å². The lowest BCUT2D eigenvalue weighted by molar-refractivity contribution is 0.626. The minimum Gasteiger partial charge on any atom is -0.379 e. The van der Waals surface area contributed by atoms with E-state index in [-0.39, 0.29) is 5.82 Å². The van der Waals surface area contributed by atoms with Crippen LogP contribution in [0, 0.1) is 5.82 Å². The molecule has 1 N–H and O–H groups in total. The molecule has 3 heteroatoms. The predicted molar refractivity (Wildman–Crippen MR) is 74.5 cm³/mol. The molecule has 0 unspecified atom stereocenters. The molecule has 2 aromatic rings. The standard InChI is InChI=1S/C15H17FN2/c1-18(2)15-9-4-3-8-14(15)17-11-12-6-5-7-13(16)10-12/h3-10,17H,11H2,1-2H3. The molecule has 0 radical (unpaired) electrons. The van der Waals surface area contributed by atoms with E-state index in [1.165, 1.54) is 6.07 Å². The largest absolute Gasteiger partial charge is 0.379 e. The van der Waals surface area contributed by atoms with E-state index in [1.807, 2.05) is 49.3 Å². The Bertz CT molecular complexity index is 523. The van der Waals surface area contributed by atoms with E-state index in [2.05, 4.69) is 5.32 Å². The highest BCUT2D eigenvalue weighted by molar-refractivity contribution is 5.69. The summed E-state index contributed by atoms with van der Waals surface area (Å²) in [5, 5.41) is 3.33. The maximum atomic E-state index is 13.1. The highest BCUT2D eigenvalue weighted by atomic mass is 19.1. The van der Waals surface area contributed by atoms with Gasteiger partial charge in [-0.2, -0.15) is 0 Å². The molecule has 0 amide bonds. The van der Waals surface area contributed by atoms with E-state index in [4.69, 9.17) is 0 Å². The van der Waals surface area contributed by atoms with Crippen molar-refractivity contribution in [2.45, 2.75) is 6.54 Å². The topological polar surface area (TPSA) is 15.3 Å². The summed E-state index contributed by atoms with van der Waals surface area (Å²) in [6, 6.07) is 14.7. The summed E-state index contributed by atoms with van der Waals surface area (Å²) < 4.78 is 13.1. The van der Waals surface area contributed by atoms with E-state index >= 15 is 0 Å². The van der Waals surface area contributed by atoms with Crippen molar-refractivity contribution in [3.05, 3.63) is 59.9 Å². The number of para-hydroxylation sites is 2. The number of nitrogens with one attached hydrogen (secondary N) is 1. The molecular weight excluding hydrogens is 227 g/mol. The van der Waals surface area contributed by atoms with Crippen LogP contribution in [0.1, 0.15) is 5.56 Å². The Hall–Kier alpha value is -2.03. The van der Waals surface area contributed by atoms with Crippen LogP contribution in [-0.4, -0.2) is 14.1 Å². The zero-order chi connectivity index (χ0) is 13.0. The molecule has 2 rings (SSSR count). The van der Waals surface area contributed by atoms with Crippen LogP contribution in [0.4, 0.5) is 15.8 Å². The quantitative estimate of drug-likeness (QED) is 0.885. The molecule has 0 aromatic heterocycles. The molecule has 0 spiro atoms. The van der Waals surface area contributed by atoms with Gasteiger partial charge < -0.3 is 10.2 Å². The lowest BCUT2D eigenvalue weighted by atomic mass is 10.2. The van der Waals surface area contributed by atoms with Gasteiger partial charge in [0.15, 0.2) is 0 Å². The summed E-state index contributed by atoms with van der Waals surface area (Å²) in [5.41, 5.74) is 3.10. The number of anilines is 2. The van der Waals surface area contributed by atoms with Crippen LogP contribution in [0.2, 0.25) is 0 Å². The van der Waals surface area contributed by atoms with Crippen LogP contribution >= 0.6 is 0 Å². The van der Waals surface area contributed by atoms with Crippen molar-refractivity contribution in [2.75, 3.05) is 24.3 Å². The Morgan fingerprint density at radius 3 is 2.56 bits per heavy atom. The number of rotatable bonds is 4. The molecule has 18 heavy (non-hydrogen) atoms. The minimum atomic E-state index is -0.199. The molecule has 0 aliphatic carbocycles. The van der Waals surface area contributed by atoms with Gasteiger partial charge in [0.05, 0.1) is 11.4 Å². The van der Waals surface area contributed by atoms with Gasteiger partial charge in [-0.1, -0.05) is 24.3 Å². The molecule has 0 aliphatic rings. The van der Waals surface area contributed by atoms with Crippen molar-refractivity contribution >= 4 is 11.4 Å². The van der Waals surface area contributed by atoms with Crippen molar-refractivity contribution in [2.24, 2.45) is 0 Å². The van der Waals surface area contributed by atoms with Crippen LogP contribution in [0.3, 0.4) is 0 Å². The Morgan fingerprint density at radius 1 is 1.06 bits per heavy atom. The summed E-state index contributed by atoms with van der Waals surface area (Å²) in [6.45, 7) is 0.614. The number of benzene rings is 2. The highest BCUT2D eigenvalue weighted by Gasteiger charge is 2.03. The van der Waals surface area contributed by atoms with Crippen LogP contribution in [0.25, 0.3) is 0 Å². The molecule has 0 saturated heterocycles. The molecule has 0 heterocycles. The van der Waals surface area contributed by atoms with Crippen molar-refractivity contribution in [3.63, 3.8) is 0 Å². The van der Waals surface area contributed by atoms with E-state index in [0.717, 1.165) is 16.9 Å². The van der Waals surface area contributed by atoms with Gasteiger partial charge in [0.25, 0.3) is 0 Å². The maximum absolute atomic E-state index is 13.1. The van der Waals surface area contributed by atoms with Crippen molar-refractivity contribution in [1.29, 1.82) is 0 Å². The second-order valence-electron chi connectivity index (χ2n) is 4.40. The van der Waals surface area contributed by atoms with Gasteiger partial charge in [0, 0.05) is 20.6 Å². The lowest BCUT2D eigenvalue weighted by Crippen LogP contribution is -2.12. The molecule has 2 nitrogen and oxygen atoms in total. The zero-order valence-electron chi connectivity index (χ0n) is 10.7. The first-order valence-corrected chi connectivity index (χ1v) is 5.91. The number of hydrogen-bond acceptors (Lipinski definition) is 2. The molecule has 0 saturated carbocycles. The Balaban J connectivity index is 2.11. The van der Waals surface area contributed by atoms with Crippen LogP contribution in [-0.2, 0) is 6.54 Å². The fourth-order valence-corrected chi connectivity index (χ4v) is 1.86. The smallest absolute Gasteiger partial charge is 0.123 e. The van der Waals surface area contributed by atoms with Gasteiger partial charge in [-0.05, 0) is 29.8 Å². The zero-order valence-corrected chi connectivity index (χ0v) is 10.7. The monoisotopic (exact) mass is 244 g/mol. The Labute approximate surface area is 107 Å². The summed E-state index contributed by atoms with van der Waals surface area (Å²) in [4.78, 5) is 2.05. The molecule has 0 fully saturated rings. The summed E-state index contributed by atoms with van der Waals surface area (Å²) in [6.07, 6.45) is 0. The van der Waals surface area contributed by atoms with Crippen LogP contribution in [0.15, 0.2) is 48.5 Å². The van der Waals surface area contributed by atoms with Gasteiger partial charge in [-0.3, -0.25) is 0 Å². The fraction of sp³-hybridized carbons (Fsp3) is 0.200. The SMILES string of the molecule is CN(C)c1ccccc1NCc1cccc(F)c1. The summed E-state index contributed by atoms with van der Waals surface area (Å²) in [7, 11) is 4.01. The Morgan fingerprint density at radius 2 is 1.83 bits per heavy atom. The van der Waals surface area contributed by atoms with Gasteiger partial charge in [-0.25, -0.2) is 4.39 Å². The second kappa shape index (κ2) is 5.54. The van der Waals surface area contributed by atoms with Crippen molar-refractivity contribution < 1.29 is 4.39 Å². The molecule has 94 valence electrons. The minimum absolute atomic E-state index is 0.199. The predicted octanol–water partition coefficient (Wildman–Crippen LogP) is 3.50. The molecule has 2 aromatic carbocycles. The van der Waals surface area contributed by atoms with Crippen molar-refractivity contribution in [1.82, 2.24) is 0 Å². The molecular formula is C15H17FN2. The van der Waals surface area contributed by atoms with Crippen LogP contribution in [0.5, 0.6) is 0 Å². The van der Waals surface area contributed by atoms with E-state index < -0.39 is 0 Å². The molecule has 0 bridgehead atoms. The maximum Gasteiger partial charge on any atom is 0.123 e. The summed E-state index contributed by atoms with van der Waals surface area (Å²) in [5.74, 6) is -0.199. The fourth-order valence-electron chi connectivity index (χ4n) is 1.86. The van der Waals surface area contributed by atoms with E-state index in [0.29, 0.717) is 6.54 Å². The number of hydrogen-bond donors (Lipinski definition) is 1. The first-order valence-electron chi connectivity index (χ1n) is 5.91. The van der Waals surface area contributed by atoms with Gasteiger partial charge in [-0.15, -0.1) is 0 Å². The lowest BCUT2D eigenvalue weighted by Gasteiger charge is -2.18. The van der Waals surface area contributed by atoms with Gasteiger partial charge in [0.1, 0.15) is 5.82 Å². The van der Waals surface area contributed by atoms with Crippen LogP contribution < -0.4 is 10.2 Å². The second-order valence-corrected chi connectivity index (χ2v) is 4.40. The highest BCUT2D eigenvalue weighted by Crippen LogP contribution is 2.23. The molecule has 0 atom stereocenters. The number of halogens is 1. The normalized spacial score (nSPS) is 10.2. The molecule has 0 aliphatic heterocycles. The van der Waals surface area contributed by atoms with Crippen molar-refractivity contribution in [3.8, 4) is 0 Å². The third-order valence-electron chi connectivity index (χ3n) is 2.76. The van der Waals surface area contributed by atoms with Gasteiger partial charge in [0.2, 0.25) is 0 Å². The average molecular weight is 244 g/mol. The van der Waals surface area contributed by atoms with E-state index in [1.54, 1.807) is 12.1 Å².